The predicted octanol–water partition coefficient (Wildman–Crippen LogP) is 2.67. The molecule has 5 heteroatoms. The first-order valence-electron chi connectivity index (χ1n) is 7.19. The molecule has 0 amide bonds. The molecule has 1 aromatic rings. The van der Waals surface area contributed by atoms with Gasteiger partial charge in [0.1, 0.15) is 5.75 Å². The van der Waals surface area contributed by atoms with E-state index in [0.29, 0.717) is 24.2 Å². The van der Waals surface area contributed by atoms with Crippen molar-refractivity contribution in [2.24, 2.45) is 11.7 Å². The van der Waals surface area contributed by atoms with Crippen molar-refractivity contribution in [3.05, 3.63) is 29.3 Å². The number of benzene rings is 1. The maximum Gasteiger partial charge on any atom is 0.344 e. The van der Waals surface area contributed by atoms with Gasteiger partial charge in [0.05, 0.1) is 6.61 Å². The van der Waals surface area contributed by atoms with E-state index < -0.39 is 0 Å². The third-order valence-corrected chi connectivity index (χ3v) is 4.05. The minimum atomic E-state index is -0.344. The summed E-state index contributed by atoms with van der Waals surface area (Å²) in [5.41, 5.74) is 8.80. The highest BCUT2D eigenvalue weighted by Gasteiger charge is 2.29. The van der Waals surface area contributed by atoms with E-state index >= 15 is 0 Å². The second-order valence-electron chi connectivity index (χ2n) is 5.50. The molecule has 3 atom stereocenters. The average molecular weight is 314 g/mol. The van der Waals surface area contributed by atoms with Crippen LogP contribution in [0.25, 0.3) is 0 Å². The molecule has 4 nitrogen and oxygen atoms in total. The van der Waals surface area contributed by atoms with Gasteiger partial charge in [-0.15, -0.1) is 12.4 Å². The van der Waals surface area contributed by atoms with Crippen LogP contribution in [0, 0.1) is 5.92 Å². The average Bonchev–Trinajstić information content (AvgIpc) is 2.43. The van der Waals surface area contributed by atoms with Crippen LogP contribution >= 0.6 is 12.4 Å². The maximum atomic E-state index is 11.3. The first kappa shape index (κ1) is 17.8. The quantitative estimate of drug-likeness (QED) is 0.868. The standard InChI is InChI=1S/C16H23NO3.ClH/c1-4-19-15(18)9-20-13-6-5-12-7-10(2)16(17)11(3)14(12)8-13;/h5-6,8,10-11,16H,4,7,9,17H2,1-3H3;1H/t10?,11?,16-;/m0./s1. The number of carbonyl (C=O) groups is 1. The lowest BCUT2D eigenvalue weighted by Crippen LogP contribution is -2.38. The second-order valence-corrected chi connectivity index (χ2v) is 5.50. The summed E-state index contributed by atoms with van der Waals surface area (Å²) in [5, 5.41) is 0. The molecule has 2 N–H and O–H groups in total. The summed E-state index contributed by atoms with van der Waals surface area (Å²) in [6, 6.07) is 6.16. The molecular formula is C16H24ClNO3. The molecule has 0 bridgehead atoms. The highest BCUT2D eigenvalue weighted by Crippen LogP contribution is 2.35. The minimum absolute atomic E-state index is 0. The van der Waals surface area contributed by atoms with E-state index in [-0.39, 0.29) is 31.0 Å². The predicted molar refractivity (Wildman–Crippen MR) is 85.1 cm³/mol. The Morgan fingerprint density at radius 2 is 2.10 bits per heavy atom. The van der Waals surface area contributed by atoms with Gasteiger partial charge in [0.25, 0.3) is 0 Å². The lowest BCUT2D eigenvalue weighted by atomic mass is 9.75. The number of hydrogen-bond acceptors (Lipinski definition) is 4. The lowest BCUT2D eigenvalue weighted by Gasteiger charge is -2.34. The number of hydrogen-bond donors (Lipinski definition) is 1. The van der Waals surface area contributed by atoms with Gasteiger partial charge in [-0.2, -0.15) is 0 Å². The molecule has 21 heavy (non-hydrogen) atoms. The van der Waals surface area contributed by atoms with Crippen LogP contribution in [-0.2, 0) is 16.0 Å². The summed E-state index contributed by atoms with van der Waals surface area (Å²) in [6.07, 6.45) is 0.999. The Kier molecular flexibility index (Phi) is 6.49. The fraction of sp³-hybridized carbons (Fsp3) is 0.562. The Bertz CT molecular complexity index is 492. The first-order chi connectivity index (χ1) is 9.52. The highest BCUT2D eigenvalue weighted by atomic mass is 35.5. The van der Waals surface area contributed by atoms with E-state index in [2.05, 4.69) is 19.9 Å². The zero-order valence-corrected chi connectivity index (χ0v) is 13.6. The summed E-state index contributed by atoms with van der Waals surface area (Å²) in [4.78, 5) is 11.3. The largest absolute Gasteiger partial charge is 0.482 e. The fourth-order valence-electron chi connectivity index (χ4n) is 2.80. The molecule has 0 fully saturated rings. The summed E-state index contributed by atoms with van der Waals surface area (Å²) < 4.78 is 10.3. The van der Waals surface area contributed by atoms with Crippen LogP contribution in [0.2, 0.25) is 0 Å². The molecule has 1 aliphatic carbocycles. The SMILES string of the molecule is CCOC(=O)COc1ccc2c(c1)C(C)[C@@H](N)C(C)C2.Cl. The van der Waals surface area contributed by atoms with Crippen molar-refractivity contribution in [2.75, 3.05) is 13.2 Å². The van der Waals surface area contributed by atoms with E-state index in [0.717, 1.165) is 6.42 Å². The van der Waals surface area contributed by atoms with Crippen LogP contribution in [-0.4, -0.2) is 25.2 Å². The normalized spacial score (nSPS) is 23.7. The molecule has 0 radical (unpaired) electrons. The molecule has 118 valence electrons. The number of ether oxygens (including phenoxy) is 2. The van der Waals surface area contributed by atoms with Crippen LogP contribution in [0.15, 0.2) is 18.2 Å². The Morgan fingerprint density at radius 1 is 1.38 bits per heavy atom. The van der Waals surface area contributed by atoms with E-state index in [9.17, 15) is 4.79 Å². The zero-order valence-electron chi connectivity index (χ0n) is 12.8. The lowest BCUT2D eigenvalue weighted by molar-refractivity contribution is -0.145. The van der Waals surface area contributed by atoms with Gasteiger partial charge in [0, 0.05) is 6.04 Å². The van der Waals surface area contributed by atoms with E-state index in [1.807, 2.05) is 12.1 Å². The molecule has 0 aromatic heterocycles. The van der Waals surface area contributed by atoms with Gasteiger partial charge < -0.3 is 15.2 Å². The number of carbonyl (C=O) groups excluding carboxylic acids is 1. The summed E-state index contributed by atoms with van der Waals surface area (Å²) >= 11 is 0. The van der Waals surface area contributed by atoms with Crippen LogP contribution in [0.5, 0.6) is 5.75 Å². The van der Waals surface area contributed by atoms with Gasteiger partial charge in [-0.1, -0.05) is 19.9 Å². The molecule has 0 spiro atoms. The van der Waals surface area contributed by atoms with Crippen molar-refractivity contribution < 1.29 is 14.3 Å². The first-order valence-corrected chi connectivity index (χ1v) is 7.19. The number of fused-ring (bicyclic) bond motifs is 1. The van der Waals surface area contributed by atoms with E-state index in [4.69, 9.17) is 15.2 Å². The van der Waals surface area contributed by atoms with Crippen molar-refractivity contribution in [3.8, 4) is 5.75 Å². The molecule has 2 unspecified atom stereocenters. The molecule has 1 aromatic carbocycles. The topological polar surface area (TPSA) is 61.5 Å². The van der Waals surface area contributed by atoms with Crippen LogP contribution in [0.4, 0.5) is 0 Å². The molecule has 0 aliphatic heterocycles. The van der Waals surface area contributed by atoms with Crippen LogP contribution in [0.1, 0.15) is 37.8 Å². The summed E-state index contributed by atoms with van der Waals surface area (Å²) in [7, 11) is 0. The smallest absolute Gasteiger partial charge is 0.344 e. The number of nitrogens with two attached hydrogens (primary N) is 1. The van der Waals surface area contributed by atoms with Gasteiger partial charge >= 0.3 is 5.97 Å². The molecule has 1 aliphatic rings. The van der Waals surface area contributed by atoms with Crippen molar-refractivity contribution in [3.63, 3.8) is 0 Å². The van der Waals surface area contributed by atoms with Gasteiger partial charge in [-0.25, -0.2) is 4.79 Å². The summed E-state index contributed by atoms with van der Waals surface area (Å²) in [6.45, 7) is 6.43. The number of halogens is 1. The molecule has 0 heterocycles. The van der Waals surface area contributed by atoms with Crippen LogP contribution in [0.3, 0.4) is 0 Å². The van der Waals surface area contributed by atoms with Gasteiger partial charge in [0.2, 0.25) is 0 Å². The monoisotopic (exact) mass is 313 g/mol. The molecule has 0 saturated heterocycles. The number of rotatable bonds is 4. The Morgan fingerprint density at radius 3 is 2.76 bits per heavy atom. The Labute approximate surface area is 132 Å². The fourth-order valence-corrected chi connectivity index (χ4v) is 2.80. The van der Waals surface area contributed by atoms with Crippen molar-refractivity contribution in [1.29, 1.82) is 0 Å². The molecule has 0 saturated carbocycles. The molecular weight excluding hydrogens is 290 g/mol. The summed E-state index contributed by atoms with van der Waals surface area (Å²) in [5.74, 6) is 1.15. The van der Waals surface area contributed by atoms with Gasteiger partial charge in [0.15, 0.2) is 6.61 Å². The Hall–Kier alpha value is -1.26. The van der Waals surface area contributed by atoms with Gasteiger partial charge in [-0.3, -0.25) is 0 Å². The molecule has 2 rings (SSSR count). The highest BCUT2D eigenvalue weighted by molar-refractivity contribution is 5.85. The van der Waals surface area contributed by atoms with Crippen molar-refractivity contribution in [2.45, 2.75) is 39.2 Å². The van der Waals surface area contributed by atoms with Gasteiger partial charge in [-0.05, 0) is 48.4 Å². The van der Waals surface area contributed by atoms with Crippen molar-refractivity contribution >= 4 is 18.4 Å². The maximum absolute atomic E-state index is 11.3. The zero-order chi connectivity index (χ0) is 14.7. The number of esters is 1. The van der Waals surface area contributed by atoms with E-state index in [1.54, 1.807) is 6.92 Å². The minimum Gasteiger partial charge on any atom is -0.482 e. The van der Waals surface area contributed by atoms with E-state index in [1.165, 1.54) is 11.1 Å². The second kappa shape index (κ2) is 7.66. The van der Waals surface area contributed by atoms with Crippen LogP contribution < -0.4 is 10.5 Å². The third kappa shape index (κ3) is 4.11. The van der Waals surface area contributed by atoms with Crippen molar-refractivity contribution in [1.82, 2.24) is 0 Å². The Balaban J connectivity index is 0.00000220. The third-order valence-electron chi connectivity index (χ3n) is 4.05.